The molecule has 0 aliphatic carbocycles. The Balaban J connectivity index is 1.37. The van der Waals surface area contributed by atoms with Crippen molar-refractivity contribution in [3.8, 4) is 0 Å². The minimum Gasteiger partial charge on any atom is -0.371 e. The Labute approximate surface area is 255 Å². The normalized spacial score (nSPS) is 17.4. The van der Waals surface area contributed by atoms with Crippen molar-refractivity contribution in [1.82, 2.24) is 30.6 Å². The fraction of sp³-hybridized carbons (Fsp3) is 0.345. The molecule has 1 aliphatic heterocycles. The van der Waals surface area contributed by atoms with Gasteiger partial charge in [-0.1, -0.05) is 54.6 Å². The zero-order valence-corrected chi connectivity index (χ0v) is 24.7. The molecule has 1 fully saturated rings. The van der Waals surface area contributed by atoms with Crippen LogP contribution in [0, 0.1) is 5.41 Å². The van der Waals surface area contributed by atoms with Gasteiger partial charge in [-0.25, -0.2) is 18.1 Å². The SMILES string of the molecule is N=C(N)N1CCC[C@H](NC(=O)CNC(=O)[C@@H](CCNC(=O)c2ccc3ccccc3n2)NS(=O)(=O)Cc2ccccc2)C1O. The Kier molecular flexibility index (Phi) is 10.8. The van der Waals surface area contributed by atoms with Crippen molar-refractivity contribution < 1.29 is 27.9 Å². The number of amides is 3. The maximum Gasteiger partial charge on any atom is 0.269 e. The van der Waals surface area contributed by atoms with Gasteiger partial charge in [0, 0.05) is 18.5 Å². The summed E-state index contributed by atoms with van der Waals surface area (Å²) in [6, 6.07) is 17.1. The molecule has 2 aromatic carbocycles. The summed E-state index contributed by atoms with van der Waals surface area (Å²) in [5.74, 6) is -2.58. The van der Waals surface area contributed by atoms with Gasteiger partial charge in [0.2, 0.25) is 21.8 Å². The Morgan fingerprint density at radius 2 is 1.77 bits per heavy atom. The minimum atomic E-state index is -4.00. The summed E-state index contributed by atoms with van der Waals surface area (Å²) in [6.07, 6.45) is -0.285. The second kappa shape index (κ2) is 14.7. The number of para-hydroxylation sites is 1. The molecule has 1 saturated heterocycles. The number of nitrogens with zero attached hydrogens (tertiary/aromatic N) is 2. The van der Waals surface area contributed by atoms with Gasteiger partial charge in [0.05, 0.1) is 23.9 Å². The zero-order valence-electron chi connectivity index (χ0n) is 23.9. The Morgan fingerprint density at radius 1 is 1.05 bits per heavy atom. The van der Waals surface area contributed by atoms with Gasteiger partial charge in [0.1, 0.15) is 18.0 Å². The third-order valence-electron chi connectivity index (χ3n) is 7.06. The zero-order chi connectivity index (χ0) is 31.7. The third kappa shape index (κ3) is 8.95. The molecule has 44 heavy (non-hydrogen) atoms. The second-order valence-electron chi connectivity index (χ2n) is 10.4. The first-order valence-corrected chi connectivity index (χ1v) is 15.7. The highest BCUT2D eigenvalue weighted by atomic mass is 32.2. The predicted molar refractivity (Wildman–Crippen MR) is 163 cm³/mol. The van der Waals surface area contributed by atoms with Crippen LogP contribution in [0.1, 0.15) is 35.3 Å². The second-order valence-corrected chi connectivity index (χ2v) is 12.1. The van der Waals surface area contributed by atoms with Crippen LogP contribution >= 0.6 is 0 Å². The quantitative estimate of drug-likeness (QED) is 0.104. The van der Waals surface area contributed by atoms with Crippen molar-refractivity contribution >= 4 is 44.6 Å². The topological polar surface area (TPSA) is 220 Å². The van der Waals surface area contributed by atoms with E-state index < -0.39 is 52.6 Å². The molecular formula is C29H36N8O6S. The van der Waals surface area contributed by atoms with Crippen LogP contribution in [-0.4, -0.2) is 85.0 Å². The highest BCUT2D eigenvalue weighted by Gasteiger charge is 2.32. The van der Waals surface area contributed by atoms with Crippen LogP contribution in [0.3, 0.4) is 0 Å². The molecule has 3 amide bonds. The number of hydrogen-bond acceptors (Lipinski definition) is 8. The standard InChI is InChI=1S/C29H36N8O6S/c30-29(31)37-16-6-11-24(28(37)41)35-25(38)17-33-27(40)23(36-44(42,43)18-19-7-2-1-3-8-19)14-15-32-26(39)22-13-12-20-9-4-5-10-21(20)34-22/h1-5,7-10,12-13,23-24,28,36,41H,6,11,14-18H2,(H3,30,31)(H,32,39)(H,33,40)(H,35,38)/t23-,24+,28?/m1/s1. The lowest BCUT2D eigenvalue weighted by molar-refractivity contribution is -0.128. The Hall–Kier alpha value is -4.60. The molecule has 15 heteroatoms. The maximum absolute atomic E-state index is 13.1. The van der Waals surface area contributed by atoms with Crippen LogP contribution in [-0.2, 0) is 25.4 Å². The van der Waals surface area contributed by atoms with Crippen LogP contribution in [0.5, 0.6) is 0 Å². The number of hydrogen-bond donors (Lipinski definition) is 7. The molecule has 4 rings (SSSR count). The molecular weight excluding hydrogens is 588 g/mol. The van der Waals surface area contributed by atoms with Crippen LogP contribution < -0.4 is 26.4 Å². The number of fused-ring (bicyclic) bond motifs is 1. The van der Waals surface area contributed by atoms with E-state index in [9.17, 15) is 27.9 Å². The van der Waals surface area contributed by atoms with E-state index in [1.54, 1.807) is 54.6 Å². The lowest BCUT2D eigenvalue weighted by Gasteiger charge is -2.38. The molecule has 3 atom stereocenters. The van der Waals surface area contributed by atoms with Gasteiger partial charge in [0.15, 0.2) is 5.96 Å². The van der Waals surface area contributed by atoms with E-state index in [-0.39, 0.29) is 30.4 Å². The highest BCUT2D eigenvalue weighted by molar-refractivity contribution is 7.88. The number of nitrogens with two attached hydrogens (primary N) is 1. The third-order valence-corrected chi connectivity index (χ3v) is 8.42. The minimum absolute atomic E-state index is 0.0688. The number of nitrogens with one attached hydrogen (secondary N) is 5. The number of piperidine rings is 1. The van der Waals surface area contributed by atoms with E-state index in [1.807, 2.05) is 12.1 Å². The van der Waals surface area contributed by atoms with Crippen molar-refractivity contribution in [3.63, 3.8) is 0 Å². The van der Waals surface area contributed by atoms with Crippen molar-refractivity contribution in [2.45, 2.75) is 43.3 Å². The number of likely N-dealkylation sites (tertiary alicyclic amines) is 1. The van der Waals surface area contributed by atoms with E-state index in [1.165, 1.54) is 4.90 Å². The van der Waals surface area contributed by atoms with Gasteiger partial charge >= 0.3 is 0 Å². The largest absolute Gasteiger partial charge is 0.371 e. The molecule has 3 aromatic rings. The van der Waals surface area contributed by atoms with E-state index in [0.29, 0.717) is 30.5 Å². The van der Waals surface area contributed by atoms with Gasteiger partial charge < -0.3 is 31.7 Å². The fourth-order valence-corrected chi connectivity index (χ4v) is 6.22. The van der Waals surface area contributed by atoms with E-state index >= 15 is 0 Å². The van der Waals surface area contributed by atoms with Gasteiger partial charge in [-0.3, -0.25) is 19.8 Å². The summed E-state index contributed by atoms with van der Waals surface area (Å²) >= 11 is 0. The first-order valence-electron chi connectivity index (χ1n) is 14.1. The number of aliphatic hydroxyl groups excluding tert-OH is 1. The lowest BCUT2D eigenvalue weighted by atomic mass is 10.0. The number of sulfonamides is 1. The highest BCUT2D eigenvalue weighted by Crippen LogP contribution is 2.15. The monoisotopic (exact) mass is 624 g/mol. The van der Waals surface area contributed by atoms with E-state index in [4.69, 9.17) is 11.1 Å². The summed E-state index contributed by atoms with van der Waals surface area (Å²) in [7, 11) is -4.00. The molecule has 8 N–H and O–H groups in total. The molecule has 14 nitrogen and oxygen atoms in total. The number of benzene rings is 2. The summed E-state index contributed by atoms with van der Waals surface area (Å²) < 4.78 is 28.3. The van der Waals surface area contributed by atoms with Crippen molar-refractivity contribution in [3.05, 3.63) is 78.0 Å². The maximum atomic E-state index is 13.1. The number of rotatable bonds is 12. The van der Waals surface area contributed by atoms with Crippen LogP contribution in [0.25, 0.3) is 10.9 Å². The van der Waals surface area contributed by atoms with Crippen LogP contribution in [0.4, 0.5) is 0 Å². The fourth-order valence-electron chi connectivity index (χ4n) is 4.85. The smallest absolute Gasteiger partial charge is 0.269 e. The molecule has 1 aromatic heterocycles. The van der Waals surface area contributed by atoms with Gasteiger partial charge in [-0.15, -0.1) is 0 Å². The first-order chi connectivity index (χ1) is 21.0. The Bertz CT molecular complexity index is 1600. The number of carbonyl (C=O) groups excluding carboxylic acids is 3. The average molecular weight is 625 g/mol. The summed E-state index contributed by atoms with van der Waals surface area (Å²) in [5, 5.41) is 26.6. The van der Waals surface area contributed by atoms with E-state index in [2.05, 4.69) is 25.7 Å². The predicted octanol–water partition coefficient (Wildman–Crippen LogP) is -0.248. The summed E-state index contributed by atoms with van der Waals surface area (Å²) in [6.45, 7) is -0.190. The summed E-state index contributed by atoms with van der Waals surface area (Å²) in [5.41, 5.74) is 6.81. The Morgan fingerprint density at radius 3 is 2.52 bits per heavy atom. The van der Waals surface area contributed by atoms with Crippen molar-refractivity contribution in [2.75, 3.05) is 19.6 Å². The number of pyridine rings is 1. The molecule has 0 radical (unpaired) electrons. The van der Waals surface area contributed by atoms with Crippen molar-refractivity contribution in [1.29, 1.82) is 5.41 Å². The molecule has 0 saturated carbocycles. The molecule has 0 spiro atoms. The van der Waals surface area contributed by atoms with E-state index in [0.717, 1.165) is 5.39 Å². The number of aromatic nitrogens is 1. The van der Waals surface area contributed by atoms with Gasteiger partial charge in [-0.2, -0.15) is 0 Å². The first kappa shape index (κ1) is 32.3. The number of aliphatic hydroxyl groups is 1. The lowest BCUT2D eigenvalue weighted by Crippen LogP contribution is -2.59. The van der Waals surface area contributed by atoms with Gasteiger partial charge in [0.25, 0.3) is 5.91 Å². The molecule has 2 heterocycles. The van der Waals surface area contributed by atoms with Crippen LogP contribution in [0.15, 0.2) is 66.7 Å². The average Bonchev–Trinajstić information content (AvgIpc) is 3.00. The van der Waals surface area contributed by atoms with Crippen molar-refractivity contribution in [2.24, 2.45) is 5.73 Å². The number of guanidine groups is 1. The summed E-state index contributed by atoms with van der Waals surface area (Å²) in [4.78, 5) is 44.1. The molecule has 234 valence electrons. The van der Waals surface area contributed by atoms with Crippen LogP contribution in [0.2, 0.25) is 0 Å². The number of carbonyl (C=O) groups is 3. The van der Waals surface area contributed by atoms with Gasteiger partial charge in [-0.05, 0) is 37.0 Å². The molecule has 0 bridgehead atoms. The molecule has 1 unspecified atom stereocenters. The molecule has 1 aliphatic rings.